The molecule has 0 aromatic carbocycles. The van der Waals surface area contributed by atoms with E-state index in [1.165, 1.54) is 0 Å². The van der Waals surface area contributed by atoms with Gasteiger partial charge in [0.1, 0.15) is 0 Å². The second-order valence-electron chi connectivity index (χ2n) is 1.68. The average molecular weight is 139 g/mol. The van der Waals surface area contributed by atoms with Crippen LogP contribution in [0.3, 0.4) is 0 Å². The summed E-state index contributed by atoms with van der Waals surface area (Å²) in [7, 11) is 1.85. The van der Waals surface area contributed by atoms with Crippen molar-refractivity contribution in [3.63, 3.8) is 0 Å². The van der Waals surface area contributed by atoms with Crippen LogP contribution < -0.4 is 5.32 Å². The molecule has 0 aliphatic rings. The summed E-state index contributed by atoms with van der Waals surface area (Å²) in [5.74, 6) is 0. The van der Waals surface area contributed by atoms with E-state index in [-0.39, 0.29) is 0 Å². The summed E-state index contributed by atoms with van der Waals surface area (Å²) in [6, 6.07) is 0. The molecule has 58 valence electrons. The molecule has 1 N–H and O–H groups in total. The molecule has 0 aliphatic heterocycles. The van der Waals surface area contributed by atoms with Gasteiger partial charge in [0.25, 0.3) is 0 Å². The lowest BCUT2D eigenvalue weighted by Gasteiger charge is -1.91. The van der Waals surface area contributed by atoms with Crippen LogP contribution in [0.25, 0.3) is 0 Å². The average Bonchev–Trinajstić information content (AvgIpc) is 1.90. The van der Waals surface area contributed by atoms with Gasteiger partial charge in [-0.2, -0.15) is 0 Å². The van der Waals surface area contributed by atoms with Crippen LogP contribution in [0.1, 0.15) is 13.8 Å². The first kappa shape index (κ1) is 11.8. The Morgan fingerprint density at radius 1 is 1.40 bits per heavy atom. The van der Waals surface area contributed by atoms with Crippen LogP contribution in [0.15, 0.2) is 37.1 Å². The molecule has 0 fully saturated rings. The summed E-state index contributed by atoms with van der Waals surface area (Å²) >= 11 is 0. The molecule has 0 saturated heterocycles. The van der Waals surface area contributed by atoms with Crippen molar-refractivity contribution in [2.45, 2.75) is 13.8 Å². The maximum Gasteiger partial charge on any atom is 0.0261 e. The standard InChI is InChI=1S/C6H11N.C3H6/c1-4-5-6(2)7-3;1-3-2/h4-5,7H,2H2,1,3H3;3H,1H2,2H3/b5-4-;. The number of hydrogen-bond donors (Lipinski definition) is 1. The molecule has 0 atom stereocenters. The Labute approximate surface area is 64.1 Å². The van der Waals surface area contributed by atoms with Crippen LogP contribution in [0.4, 0.5) is 0 Å². The number of nitrogens with one attached hydrogen (secondary N) is 1. The van der Waals surface area contributed by atoms with Gasteiger partial charge in [0.15, 0.2) is 0 Å². The minimum absolute atomic E-state index is 0.947. The minimum atomic E-state index is 0.947. The molecule has 0 aliphatic carbocycles. The van der Waals surface area contributed by atoms with Gasteiger partial charge in [0, 0.05) is 12.7 Å². The summed E-state index contributed by atoms with van der Waals surface area (Å²) in [6.45, 7) is 10.9. The first-order chi connectivity index (χ1) is 4.72. The quantitative estimate of drug-likeness (QED) is 0.458. The Morgan fingerprint density at radius 3 is 1.90 bits per heavy atom. The molecule has 0 bridgehead atoms. The lowest BCUT2D eigenvalue weighted by Crippen LogP contribution is -1.99. The first-order valence-electron chi connectivity index (χ1n) is 3.29. The van der Waals surface area contributed by atoms with Gasteiger partial charge in [-0.25, -0.2) is 0 Å². The van der Waals surface area contributed by atoms with Crippen LogP contribution in [0.2, 0.25) is 0 Å². The number of rotatable bonds is 2. The van der Waals surface area contributed by atoms with Crippen molar-refractivity contribution in [1.82, 2.24) is 5.32 Å². The fourth-order valence-corrected chi connectivity index (χ4v) is 0.285. The van der Waals surface area contributed by atoms with Gasteiger partial charge in [-0.05, 0) is 19.9 Å². The Bertz CT molecular complexity index is 112. The lowest BCUT2D eigenvalue weighted by atomic mass is 10.4. The van der Waals surface area contributed by atoms with Crippen LogP contribution in [-0.4, -0.2) is 7.05 Å². The SMILES string of the molecule is C=C(/C=C\C)NC.C=CC. The van der Waals surface area contributed by atoms with E-state index in [2.05, 4.69) is 18.5 Å². The van der Waals surface area contributed by atoms with Gasteiger partial charge in [0.05, 0.1) is 0 Å². The summed E-state index contributed by atoms with van der Waals surface area (Å²) in [6.07, 6.45) is 5.61. The first-order valence-corrected chi connectivity index (χ1v) is 3.29. The van der Waals surface area contributed by atoms with Crippen LogP contribution in [0.5, 0.6) is 0 Å². The largest absolute Gasteiger partial charge is 0.389 e. The molecule has 0 radical (unpaired) electrons. The van der Waals surface area contributed by atoms with E-state index in [0.29, 0.717) is 0 Å². The van der Waals surface area contributed by atoms with Gasteiger partial charge < -0.3 is 5.32 Å². The number of likely N-dealkylation sites (N-methyl/N-ethyl adjacent to an activating group) is 1. The third-order valence-corrected chi connectivity index (χ3v) is 0.689. The van der Waals surface area contributed by atoms with Gasteiger partial charge in [-0.1, -0.05) is 18.7 Å². The fourth-order valence-electron chi connectivity index (χ4n) is 0.285. The Balaban J connectivity index is 0. The van der Waals surface area contributed by atoms with E-state index >= 15 is 0 Å². The molecule has 0 saturated carbocycles. The smallest absolute Gasteiger partial charge is 0.0261 e. The minimum Gasteiger partial charge on any atom is -0.389 e. The molecule has 0 amide bonds. The van der Waals surface area contributed by atoms with Crippen molar-refractivity contribution in [3.05, 3.63) is 37.1 Å². The highest BCUT2D eigenvalue weighted by atomic mass is 14.8. The predicted molar refractivity (Wildman–Crippen MR) is 48.9 cm³/mol. The molecule has 1 heteroatoms. The molecule has 0 aromatic rings. The second kappa shape index (κ2) is 10.9. The van der Waals surface area contributed by atoms with Crippen molar-refractivity contribution in [2.24, 2.45) is 0 Å². The molecule has 0 rings (SSSR count). The van der Waals surface area contributed by atoms with Crippen molar-refractivity contribution in [2.75, 3.05) is 7.05 Å². The summed E-state index contributed by atoms with van der Waals surface area (Å²) in [4.78, 5) is 0. The molecule has 0 spiro atoms. The number of allylic oxidation sites excluding steroid dienone is 3. The number of hydrogen-bond acceptors (Lipinski definition) is 1. The third-order valence-electron chi connectivity index (χ3n) is 0.689. The lowest BCUT2D eigenvalue weighted by molar-refractivity contribution is 1.04. The molecule has 1 nitrogen and oxygen atoms in total. The molecular formula is C9H17N. The molecule has 0 heterocycles. The van der Waals surface area contributed by atoms with Gasteiger partial charge in [-0.15, -0.1) is 6.58 Å². The maximum absolute atomic E-state index is 3.66. The molecule has 10 heavy (non-hydrogen) atoms. The molecule has 0 aromatic heterocycles. The third kappa shape index (κ3) is 15.7. The van der Waals surface area contributed by atoms with E-state index < -0.39 is 0 Å². The van der Waals surface area contributed by atoms with Crippen LogP contribution in [0, 0.1) is 0 Å². The van der Waals surface area contributed by atoms with Gasteiger partial charge in [-0.3, -0.25) is 0 Å². The summed E-state index contributed by atoms with van der Waals surface area (Å²) in [5.41, 5.74) is 0.947. The van der Waals surface area contributed by atoms with Crippen LogP contribution in [-0.2, 0) is 0 Å². The van der Waals surface area contributed by atoms with Crippen molar-refractivity contribution >= 4 is 0 Å². The Kier molecular flexibility index (Phi) is 12.8. The zero-order chi connectivity index (χ0) is 8.41. The van der Waals surface area contributed by atoms with Crippen molar-refractivity contribution < 1.29 is 0 Å². The highest BCUT2D eigenvalue weighted by Gasteiger charge is 1.71. The topological polar surface area (TPSA) is 12.0 Å². The summed E-state index contributed by atoms with van der Waals surface area (Å²) in [5, 5.41) is 2.88. The maximum atomic E-state index is 3.66. The fraction of sp³-hybridized carbons (Fsp3) is 0.333. The normalized spacial score (nSPS) is 7.90. The monoisotopic (exact) mass is 139 g/mol. The van der Waals surface area contributed by atoms with E-state index in [9.17, 15) is 0 Å². The second-order valence-corrected chi connectivity index (χ2v) is 1.68. The predicted octanol–water partition coefficient (Wildman–Crippen LogP) is 2.49. The van der Waals surface area contributed by atoms with E-state index in [0.717, 1.165) is 5.70 Å². The van der Waals surface area contributed by atoms with Gasteiger partial charge in [0.2, 0.25) is 0 Å². The zero-order valence-corrected chi connectivity index (χ0v) is 7.15. The highest BCUT2D eigenvalue weighted by Crippen LogP contribution is 1.81. The van der Waals surface area contributed by atoms with E-state index in [1.807, 2.05) is 33.0 Å². The molecular weight excluding hydrogens is 122 g/mol. The van der Waals surface area contributed by atoms with E-state index in [1.54, 1.807) is 6.08 Å². The molecule has 0 unspecified atom stereocenters. The van der Waals surface area contributed by atoms with Crippen molar-refractivity contribution in [1.29, 1.82) is 0 Å². The van der Waals surface area contributed by atoms with Gasteiger partial charge >= 0.3 is 0 Å². The van der Waals surface area contributed by atoms with E-state index in [4.69, 9.17) is 0 Å². The van der Waals surface area contributed by atoms with Crippen LogP contribution >= 0.6 is 0 Å². The van der Waals surface area contributed by atoms with Crippen molar-refractivity contribution in [3.8, 4) is 0 Å². The Hall–Kier alpha value is -0.980. The Morgan fingerprint density at radius 2 is 1.80 bits per heavy atom. The zero-order valence-electron chi connectivity index (χ0n) is 7.15. The highest BCUT2D eigenvalue weighted by molar-refractivity contribution is 5.09. The summed E-state index contributed by atoms with van der Waals surface area (Å²) < 4.78 is 0.